The molecule has 1 heterocycles. The van der Waals surface area contributed by atoms with Gasteiger partial charge in [-0.1, -0.05) is 24.3 Å². The van der Waals surface area contributed by atoms with Crippen LogP contribution in [0.3, 0.4) is 0 Å². The lowest BCUT2D eigenvalue weighted by molar-refractivity contribution is -0.137. The molecule has 2 amide bonds. The molecule has 1 aliphatic heterocycles. The van der Waals surface area contributed by atoms with Gasteiger partial charge in [-0.25, -0.2) is 4.79 Å². The van der Waals surface area contributed by atoms with Gasteiger partial charge in [0.2, 0.25) is 5.91 Å². The minimum atomic E-state index is -0.552. The lowest BCUT2D eigenvalue weighted by atomic mass is 9.96. The predicted octanol–water partition coefficient (Wildman–Crippen LogP) is 2.73. The molecule has 8 heteroatoms. The van der Waals surface area contributed by atoms with Crippen molar-refractivity contribution in [2.45, 2.75) is 23.5 Å². The molecule has 0 unspecified atom stereocenters. The van der Waals surface area contributed by atoms with E-state index >= 15 is 0 Å². The average molecular weight is 438 g/mol. The third-order valence-electron chi connectivity index (χ3n) is 5.16. The Morgan fingerprint density at radius 3 is 2.42 bits per heavy atom. The smallest absolute Gasteiger partial charge is 0.339 e. The van der Waals surface area contributed by atoms with Crippen LogP contribution in [0.15, 0.2) is 53.4 Å². The highest BCUT2D eigenvalue weighted by atomic mass is 32.2. The number of nitriles is 1. The van der Waals surface area contributed by atoms with E-state index in [1.807, 2.05) is 24.3 Å². The molecule has 0 spiro atoms. The summed E-state index contributed by atoms with van der Waals surface area (Å²) < 4.78 is 5.27. The number of amides is 2. The number of hydrogen-bond donors (Lipinski definition) is 1. The van der Waals surface area contributed by atoms with Crippen LogP contribution in [0, 0.1) is 17.2 Å². The molecule has 0 aliphatic carbocycles. The third kappa shape index (κ3) is 6.09. The molecule has 0 aromatic heterocycles. The van der Waals surface area contributed by atoms with Crippen molar-refractivity contribution in [1.29, 1.82) is 5.26 Å². The lowest BCUT2D eigenvalue weighted by Gasteiger charge is -2.30. The van der Waals surface area contributed by atoms with Crippen molar-refractivity contribution >= 4 is 29.5 Å². The third-order valence-corrected chi connectivity index (χ3v) is 6.31. The average Bonchev–Trinajstić information content (AvgIpc) is 2.81. The molecule has 1 aliphatic rings. The van der Waals surface area contributed by atoms with E-state index in [1.54, 1.807) is 29.2 Å². The number of hydrogen-bond acceptors (Lipinski definition) is 6. The summed E-state index contributed by atoms with van der Waals surface area (Å²) in [6.07, 6.45) is 1.06. The fourth-order valence-electron chi connectivity index (χ4n) is 3.31. The number of ether oxygens (including phenoxy) is 1. The molecule has 3 rings (SSSR count). The molecule has 31 heavy (non-hydrogen) atoms. The zero-order chi connectivity index (χ0) is 22.2. The van der Waals surface area contributed by atoms with Crippen molar-refractivity contribution in [2.75, 3.05) is 19.7 Å². The molecular formula is C23H23N3O4S. The number of carbonyl (C=O) groups excluding carboxylic acids is 3. The fourth-order valence-corrected chi connectivity index (χ4v) is 4.30. The Morgan fingerprint density at radius 2 is 1.77 bits per heavy atom. The zero-order valence-electron chi connectivity index (χ0n) is 17.0. The van der Waals surface area contributed by atoms with Crippen molar-refractivity contribution < 1.29 is 19.1 Å². The van der Waals surface area contributed by atoms with Crippen molar-refractivity contribution in [3.05, 3.63) is 65.2 Å². The number of nitrogens with two attached hydrogens (primary N) is 1. The molecule has 2 aromatic carbocycles. The van der Waals surface area contributed by atoms with Crippen molar-refractivity contribution in [2.24, 2.45) is 11.7 Å². The first kappa shape index (κ1) is 22.4. The summed E-state index contributed by atoms with van der Waals surface area (Å²) in [6.45, 7) is 0.525. The van der Waals surface area contributed by atoms with Gasteiger partial charge in [0.1, 0.15) is 0 Å². The topological polar surface area (TPSA) is 113 Å². The second-order valence-corrected chi connectivity index (χ2v) is 8.24. The Bertz CT molecular complexity index is 993. The van der Waals surface area contributed by atoms with Gasteiger partial charge in [0.25, 0.3) is 5.91 Å². The number of benzene rings is 2. The van der Waals surface area contributed by atoms with Gasteiger partial charge in [0.15, 0.2) is 6.61 Å². The number of rotatable bonds is 7. The predicted molar refractivity (Wildman–Crippen MR) is 116 cm³/mol. The van der Waals surface area contributed by atoms with Gasteiger partial charge in [0, 0.05) is 29.7 Å². The summed E-state index contributed by atoms with van der Waals surface area (Å²) in [5, 5.41) is 8.89. The maximum Gasteiger partial charge on any atom is 0.339 e. The van der Waals surface area contributed by atoms with Gasteiger partial charge >= 0.3 is 5.97 Å². The number of nitrogens with zero attached hydrogens (tertiary/aromatic N) is 2. The van der Waals surface area contributed by atoms with Crippen LogP contribution in [0.5, 0.6) is 0 Å². The van der Waals surface area contributed by atoms with Gasteiger partial charge in [-0.15, -0.1) is 11.8 Å². The minimum absolute atomic E-state index is 0.202. The fraction of sp³-hybridized carbons (Fsp3) is 0.304. The van der Waals surface area contributed by atoms with Crippen LogP contribution in [0.4, 0.5) is 0 Å². The van der Waals surface area contributed by atoms with E-state index in [9.17, 15) is 14.4 Å². The summed E-state index contributed by atoms with van der Waals surface area (Å²) in [5.41, 5.74) is 7.35. The van der Waals surface area contributed by atoms with Crippen molar-refractivity contribution in [1.82, 2.24) is 4.90 Å². The van der Waals surface area contributed by atoms with Crippen molar-refractivity contribution in [3.63, 3.8) is 0 Å². The molecular weight excluding hydrogens is 414 g/mol. The van der Waals surface area contributed by atoms with Crippen LogP contribution in [0.25, 0.3) is 0 Å². The molecule has 7 nitrogen and oxygen atoms in total. The van der Waals surface area contributed by atoms with E-state index in [1.165, 1.54) is 11.8 Å². The second-order valence-electron chi connectivity index (χ2n) is 7.23. The molecule has 0 radical (unpaired) electrons. The Kier molecular flexibility index (Phi) is 7.68. The summed E-state index contributed by atoms with van der Waals surface area (Å²) in [6, 6.07) is 16.5. The van der Waals surface area contributed by atoms with Crippen LogP contribution in [0.1, 0.15) is 34.3 Å². The van der Waals surface area contributed by atoms with Gasteiger partial charge < -0.3 is 15.4 Å². The summed E-state index contributed by atoms with van der Waals surface area (Å²) in [5.74, 6) is -0.744. The van der Waals surface area contributed by atoms with Gasteiger partial charge in [-0.3, -0.25) is 9.59 Å². The highest BCUT2D eigenvalue weighted by Gasteiger charge is 2.26. The Hall–Kier alpha value is -3.31. The normalized spacial score (nSPS) is 14.0. The molecule has 2 aromatic rings. The molecule has 2 N–H and O–H groups in total. The second kappa shape index (κ2) is 10.6. The van der Waals surface area contributed by atoms with Crippen LogP contribution in [0.2, 0.25) is 0 Å². The summed E-state index contributed by atoms with van der Waals surface area (Å²) in [4.78, 5) is 38.5. The van der Waals surface area contributed by atoms with Gasteiger partial charge in [-0.05, 0) is 42.7 Å². The van der Waals surface area contributed by atoms with Crippen LogP contribution in [-0.2, 0) is 20.1 Å². The Balaban J connectivity index is 1.54. The first-order chi connectivity index (χ1) is 15.0. The maximum absolute atomic E-state index is 12.6. The minimum Gasteiger partial charge on any atom is -0.452 e. The molecule has 1 fully saturated rings. The monoisotopic (exact) mass is 437 g/mol. The van der Waals surface area contributed by atoms with E-state index in [0.717, 1.165) is 10.5 Å². The number of thioether (sulfide) groups is 1. The van der Waals surface area contributed by atoms with E-state index in [-0.39, 0.29) is 24.3 Å². The highest BCUT2D eigenvalue weighted by molar-refractivity contribution is 7.98. The van der Waals surface area contributed by atoms with E-state index in [2.05, 4.69) is 6.07 Å². The number of piperidine rings is 1. The van der Waals surface area contributed by atoms with E-state index in [4.69, 9.17) is 15.7 Å². The van der Waals surface area contributed by atoms with Crippen LogP contribution < -0.4 is 5.73 Å². The largest absolute Gasteiger partial charge is 0.452 e. The first-order valence-electron chi connectivity index (χ1n) is 9.93. The standard InChI is InChI=1S/C23H23N3O4S/c24-13-16-5-7-17(8-6-16)15-31-20-4-2-1-3-19(20)23(29)30-14-21(27)26-11-9-18(10-12-26)22(25)28/h1-8,18H,9-12,14-15H2,(H2,25,28). The van der Waals surface area contributed by atoms with Crippen molar-refractivity contribution in [3.8, 4) is 6.07 Å². The molecule has 160 valence electrons. The van der Waals surface area contributed by atoms with Crippen LogP contribution >= 0.6 is 11.8 Å². The molecule has 0 saturated carbocycles. The Morgan fingerprint density at radius 1 is 1.10 bits per heavy atom. The number of likely N-dealkylation sites (tertiary alicyclic amines) is 1. The SMILES string of the molecule is N#Cc1ccc(CSc2ccccc2C(=O)OCC(=O)N2CCC(C(N)=O)CC2)cc1. The highest BCUT2D eigenvalue weighted by Crippen LogP contribution is 2.27. The zero-order valence-corrected chi connectivity index (χ0v) is 17.8. The van der Waals surface area contributed by atoms with Crippen LogP contribution in [-0.4, -0.2) is 42.4 Å². The Labute approximate surface area is 185 Å². The lowest BCUT2D eigenvalue weighted by Crippen LogP contribution is -2.43. The number of primary amides is 1. The maximum atomic E-state index is 12.6. The number of carbonyl (C=O) groups is 3. The van der Waals surface area contributed by atoms with E-state index < -0.39 is 5.97 Å². The molecule has 0 atom stereocenters. The van der Waals surface area contributed by atoms with E-state index in [0.29, 0.717) is 42.8 Å². The van der Waals surface area contributed by atoms with Gasteiger partial charge in [-0.2, -0.15) is 5.26 Å². The quantitative estimate of drug-likeness (QED) is 0.526. The number of esters is 1. The summed E-state index contributed by atoms with van der Waals surface area (Å²) in [7, 11) is 0. The first-order valence-corrected chi connectivity index (χ1v) is 10.9. The molecule has 1 saturated heterocycles. The molecule has 0 bridgehead atoms. The van der Waals surface area contributed by atoms with Gasteiger partial charge in [0.05, 0.1) is 17.2 Å². The summed E-state index contributed by atoms with van der Waals surface area (Å²) >= 11 is 1.48.